The zero-order valence-electron chi connectivity index (χ0n) is 10.1. The summed E-state index contributed by atoms with van der Waals surface area (Å²) >= 11 is 0. The molecule has 0 aliphatic carbocycles. The molecule has 1 aromatic heterocycles. The summed E-state index contributed by atoms with van der Waals surface area (Å²) in [5.41, 5.74) is 4.81. The zero-order valence-corrected chi connectivity index (χ0v) is 10.1. The Kier molecular flexibility index (Phi) is 3.73. The first-order valence-electron chi connectivity index (χ1n) is 5.54. The molecule has 0 spiro atoms. The van der Waals surface area contributed by atoms with Crippen molar-refractivity contribution in [3.63, 3.8) is 0 Å². The van der Waals surface area contributed by atoms with Gasteiger partial charge < -0.3 is 11.1 Å². The number of nitrogens with zero attached hydrogens (tertiary/aromatic N) is 2. The molecule has 1 heterocycles. The van der Waals surface area contributed by atoms with Crippen LogP contribution in [0, 0.1) is 5.82 Å². The van der Waals surface area contributed by atoms with Crippen LogP contribution in [0.5, 0.6) is 0 Å². The number of halogens is 4. The number of alkyl halides is 3. The van der Waals surface area contributed by atoms with Gasteiger partial charge in [0.1, 0.15) is 11.6 Å². The van der Waals surface area contributed by atoms with Crippen molar-refractivity contribution >= 4 is 11.8 Å². The lowest BCUT2D eigenvalue weighted by atomic mass is 10.2. The molecule has 20 heavy (non-hydrogen) atoms. The Morgan fingerprint density at radius 3 is 2.35 bits per heavy atom. The van der Waals surface area contributed by atoms with Gasteiger partial charge in [-0.2, -0.15) is 18.2 Å². The first-order chi connectivity index (χ1) is 9.34. The zero-order chi connectivity index (χ0) is 14.8. The molecule has 4 nitrogen and oxygen atoms in total. The second-order valence-corrected chi connectivity index (χ2v) is 3.97. The Morgan fingerprint density at radius 2 is 1.75 bits per heavy atom. The third kappa shape index (κ3) is 3.56. The van der Waals surface area contributed by atoms with E-state index < -0.39 is 17.8 Å². The Balaban J connectivity index is 2.13. The topological polar surface area (TPSA) is 63.8 Å². The van der Waals surface area contributed by atoms with Crippen molar-refractivity contribution in [2.75, 3.05) is 11.1 Å². The highest BCUT2D eigenvalue weighted by atomic mass is 19.4. The summed E-state index contributed by atoms with van der Waals surface area (Å²) in [5, 5.41) is 2.68. The Hall–Kier alpha value is -2.38. The Labute approximate surface area is 111 Å². The lowest BCUT2D eigenvalue weighted by Gasteiger charge is -2.10. The number of nitrogen functional groups attached to an aromatic ring is 1. The minimum atomic E-state index is -4.59. The maximum absolute atomic E-state index is 12.7. The van der Waals surface area contributed by atoms with Crippen LogP contribution in [0.2, 0.25) is 0 Å². The van der Waals surface area contributed by atoms with Crippen molar-refractivity contribution in [2.45, 2.75) is 12.7 Å². The first kappa shape index (κ1) is 14.0. The number of hydrogen-bond donors (Lipinski definition) is 2. The molecule has 0 aliphatic rings. The molecular formula is C12H10F4N4. The Bertz CT molecular complexity index is 595. The minimum absolute atomic E-state index is 0.0471. The van der Waals surface area contributed by atoms with Gasteiger partial charge in [0.25, 0.3) is 0 Å². The summed E-state index contributed by atoms with van der Waals surface area (Å²) in [6.45, 7) is 0.189. The SMILES string of the molecule is Nc1nc(NCc2ccc(F)cc2)cc(C(F)(F)F)n1. The van der Waals surface area contributed by atoms with Gasteiger partial charge in [0.2, 0.25) is 5.95 Å². The number of rotatable bonds is 3. The van der Waals surface area contributed by atoms with Crippen LogP contribution >= 0.6 is 0 Å². The molecule has 0 saturated heterocycles. The average molecular weight is 286 g/mol. The third-order valence-electron chi connectivity index (χ3n) is 2.42. The molecule has 0 unspecified atom stereocenters. The van der Waals surface area contributed by atoms with Crippen molar-refractivity contribution in [3.8, 4) is 0 Å². The van der Waals surface area contributed by atoms with E-state index >= 15 is 0 Å². The van der Waals surface area contributed by atoms with Crippen LogP contribution in [0.4, 0.5) is 29.3 Å². The van der Waals surface area contributed by atoms with E-state index in [1.807, 2.05) is 0 Å². The summed E-state index contributed by atoms with van der Waals surface area (Å²) in [6.07, 6.45) is -4.59. The summed E-state index contributed by atoms with van der Waals surface area (Å²) in [4.78, 5) is 6.79. The number of hydrogen-bond acceptors (Lipinski definition) is 4. The molecule has 0 amide bonds. The Morgan fingerprint density at radius 1 is 1.10 bits per heavy atom. The monoisotopic (exact) mass is 286 g/mol. The van der Waals surface area contributed by atoms with Crippen LogP contribution in [0.25, 0.3) is 0 Å². The van der Waals surface area contributed by atoms with Gasteiger partial charge in [0.15, 0.2) is 5.69 Å². The van der Waals surface area contributed by atoms with Gasteiger partial charge in [-0.1, -0.05) is 12.1 Å². The number of anilines is 2. The van der Waals surface area contributed by atoms with E-state index in [1.165, 1.54) is 24.3 Å². The fraction of sp³-hybridized carbons (Fsp3) is 0.167. The van der Waals surface area contributed by atoms with Crippen molar-refractivity contribution in [1.82, 2.24) is 9.97 Å². The normalized spacial score (nSPS) is 11.4. The molecule has 2 rings (SSSR count). The fourth-order valence-electron chi connectivity index (χ4n) is 1.50. The molecule has 0 radical (unpaired) electrons. The van der Waals surface area contributed by atoms with E-state index in [0.717, 1.165) is 6.07 Å². The standard InChI is InChI=1S/C12H10F4N4/c13-8-3-1-7(2-4-8)6-18-10-5-9(12(14,15)16)19-11(17)20-10/h1-5H,6H2,(H3,17,18,19,20). The number of aromatic nitrogens is 2. The van der Waals surface area contributed by atoms with Crippen molar-refractivity contribution < 1.29 is 17.6 Å². The van der Waals surface area contributed by atoms with Crippen LogP contribution < -0.4 is 11.1 Å². The fourth-order valence-corrected chi connectivity index (χ4v) is 1.50. The second-order valence-electron chi connectivity index (χ2n) is 3.97. The quantitative estimate of drug-likeness (QED) is 0.852. The second kappa shape index (κ2) is 5.32. The number of nitrogens with two attached hydrogens (primary N) is 1. The minimum Gasteiger partial charge on any atom is -0.368 e. The predicted octanol–water partition coefficient (Wildman–Crippen LogP) is 2.83. The van der Waals surface area contributed by atoms with Gasteiger partial charge >= 0.3 is 6.18 Å². The maximum atomic E-state index is 12.7. The summed E-state index contributed by atoms with van der Waals surface area (Å²) in [7, 11) is 0. The molecule has 106 valence electrons. The summed E-state index contributed by atoms with van der Waals surface area (Å²) < 4.78 is 50.3. The van der Waals surface area contributed by atoms with Crippen molar-refractivity contribution in [1.29, 1.82) is 0 Å². The highest BCUT2D eigenvalue weighted by Crippen LogP contribution is 2.29. The summed E-state index contributed by atoms with van der Waals surface area (Å²) in [5.74, 6) is -0.907. The first-order valence-corrected chi connectivity index (χ1v) is 5.54. The van der Waals surface area contributed by atoms with Crippen LogP contribution in [0.15, 0.2) is 30.3 Å². The number of benzene rings is 1. The van der Waals surface area contributed by atoms with Crippen molar-refractivity contribution in [3.05, 3.63) is 47.4 Å². The summed E-state index contributed by atoms with van der Waals surface area (Å²) in [6, 6.07) is 6.30. The molecule has 8 heteroatoms. The van der Waals surface area contributed by atoms with Gasteiger partial charge in [-0.3, -0.25) is 0 Å². The highest BCUT2D eigenvalue weighted by molar-refractivity contribution is 5.42. The number of nitrogens with one attached hydrogen (secondary N) is 1. The molecule has 0 saturated carbocycles. The van der Waals surface area contributed by atoms with E-state index in [9.17, 15) is 17.6 Å². The molecular weight excluding hydrogens is 276 g/mol. The van der Waals surface area contributed by atoms with Gasteiger partial charge in [0, 0.05) is 12.6 Å². The molecule has 0 bridgehead atoms. The predicted molar refractivity (Wildman–Crippen MR) is 65.2 cm³/mol. The molecule has 1 aromatic carbocycles. The van der Waals surface area contributed by atoms with E-state index in [4.69, 9.17) is 5.73 Å². The highest BCUT2D eigenvalue weighted by Gasteiger charge is 2.33. The van der Waals surface area contributed by atoms with Crippen LogP contribution in [-0.2, 0) is 12.7 Å². The molecule has 2 aromatic rings. The van der Waals surface area contributed by atoms with E-state index in [0.29, 0.717) is 5.56 Å². The smallest absolute Gasteiger partial charge is 0.368 e. The lowest BCUT2D eigenvalue weighted by Crippen LogP contribution is -2.13. The van der Waals surface area contributed by atoms with Gasteiger partial charge in [0.05, 0.1) is 0 Å². The van der Waals surface area contributed by atoms with E-state index in [1.54, 1.807) is 0 Å². The average Bonchev–Trinajstić information content (AvgIpc) is 2.36. The third-order valence-corrected chi connectivity index (χ3v) is 2.42. The molecule has 0 fully saturated rings. The molecule has 0 aliphatic heterocycles. The van der Waals surface area contributed by atoms with Crippen LogP contribution in [-0.4, -0.2) is 9.97 Å². The van der Waals surface area contributed by atoms with E-state index in [-0.39, 0.29) is 18.2 Å². The van der Waals surface area contributed by atoms with E-state index in [2.05, 4.69) is 15.3 Å². The lowest BCUT2D eigenvalue weighted by molar-refractivity contribution is -0.141. The molecule has 3 N–H and O–H groups in total. The van der Waals surface area contributed by atoms with Crippen molar-refractivity contribution in [2.24, 2.45) is 0 Å². The van der Waals surface area contributed by atoms with Gasteiger partial charge in [-0.25, -0.2) is 9.37 Å². The van der Waals surface area contributed by atoms with Crippen LogP contribution in [0.3, 0.4) is 0 Å². The maximum Gasteiger partial charge on any atom is 0.433 e. The molecule has 0 atom stereocenters. The largest absolute Gasteiger partial charge is 0.433 e. The van der Waals surface area contributed by atoms with Gasteiger partial charge in [-0.05, 0) is 17.7 Å². The van der Waals surface area contributed by atoms with Gasteiger partial charge in [-0.15, -0.1) is 0 Å². The van der Waals surface area contributed by atoms with Crippen LogP contribution in [0.1, 0.15) is 11.3 Å².